The second-order valence-electron chi connectivity index (χ2n) is 7.99. The highest BCUT2D eigenvalue weighted by atomic mass is 32.2. The summed E-state index contributed by atoms with van der Waals surface area (Å²) >= 11 is 6.56. The van der Waals surface area contributed by atoms with Gasteiger partial charge >= 0.3 is 0 Å². The van der Waals surface area contributed by atoms with Crippen molar-refractivity contribution in [3.63, 3.8) is 0 Å². The molecule has 0 saturated carbocycles. The van der Waals surface area contributed by atoms with Gasteiger partial charge in [-0.2, -0.15) is 0 Å². The Hall–Kier alpha value is -3.08. The molecular weight excluding hydrogens is 487 g/mol. The van der Waals surface area contributed by atoms with Gasteiger partial charge in [-0.3, -0.25) is 18.9 Å². The van der Waals surface area contributed by atoms with Crippen molar-refractivity contribution in [2.24, 2.45) is 0 Å². The summed E-state index contributed by atoms with van der Waals surface area (Å²) in [4.78, 5) is 33.0. The number of fused-ring (bicyclic) bond motifs is 1. The lowest BCUT2D eigenvalue weighted by Crippen LogP contribution is -2.27. The van der Waals surface area contributed by atoms with Gasteiger partial charge < -0.3 is 10.1 Å². The van der Waals surface area contributed by atoms with E-state index in [2.05, 4.69) is 10.3 Å². The van der Waals surface area contributed by atoms with Crippen LogP contribution >= 0.6 is 24.0 Å². The van der Waals surface area contributed by atoms with Crippen LogP contribution in [0, 0.1) is 12.7 Å². The van der Waals surface area contributed by atoms with E-state index in [1.807, 2.05) is 19.9 Å². The van der Waals surface area contributed by atoms with E-state index in [0.717, 1.165) is 29.3 Å². The van der Waals surface area contributed by atoms with Crippen LogP contribution in [0.5, 0.6) is 0 Å². The average molecular weight is 513 g/mol. The zero-order valence-electron chi connectivity index (χ0n) is 19.4. The van der Waals surface area contributed by atoms with Crippen molar-refractivity contribution in [3.8, 4) is 0 Å². The first-order valence-electron chi connectivity index (χ1n) is 11.2. The number of hydrogen-bond acceptors (Lipinski definition) is 7. The zero-order chi connectivity index (χ0) is 24.9. The predicted octanol–water partition coefficient (Wildman–Crippen LogP) is 4.38. The van der Waals surface area contributed by atoms with E-state index in [4.69, 9.17) is 17.0 Å². The number of benzene rings is 1. The Balaban J connectivity index is 1.67. The van der Waals surface area contributed by atoms with Crippen LogP contribution in [-0.4, -0.2) is 44.3 Å². The highest BCUT2D eigenvalue weighted by Gasteiger charge is 2.32. The minimum atomic E-state index is -0.347. The lowest BCUT2D eigenvalue weighted by atomic mass is 10.2. The number of hydrogen-bond donors (Lipinski definition) is 1. The molecule has 1 amide bonds. The molecule has 35 heavy (non-hydrogen) atoms. The number of ether oxygens (including phenoxy) is 1. The number of pyridine rings is 1. The lowest BCUT2D eigenvalue weighted by molar-refractivity contribution is -0.122. The van der Waals surface area contributed by atoms with E-state index in [1.165, 1.54) is 21.4 Å². The van der Waals surface area contributed by atoms with Crippen LogP contribution in [0.4, 0.5) is 10.2 Å². The van der Waals surface area contributed by atoms with Gasteiger partial charge in [-0.25, -0.2) is 9.37 Å². The van der Waals surface area contributed by atoms with E-state index in [-0.39, 0.29) is 29.4 Å². The van der Waals surface area contributed by atoms with E-state index >= 15 is 0 Å². The molecule has 0 atom stereocenters. The van der Waals surface area contributed by atoms with Gasteiger partial charge in [0, 0.05) is 26.0 Å². The summed E-state index contributed by atoms with van der Waals surface area (Å²) in [5.74, 6) is -0.251. The first kappa shape index (κ1) is 25.0. The predicted molar refractivity (Wildman–Crippen MR) is 141 cm³/mol. The molecule has 4 rings (SSSR count). The summed E-state index contributed by atoms with van der Waals surface area (Å²) < 4.78 is 20.5. The number of carbonyl (C=O) groups is 1. The molecule has 10 heteroatoms. The fourth-order valence-electron chi connectivity index (χ4n) is 3.59. The van der Waals surface area contributed by atoms with Crippen molar-refractivity contribution in [1.29, 1.82) is 0 Å². The van der Waals surface area contributed by atoms with Gasteiger partial charge in [-0.05, 0) is 55.7 Å². The Bertz CT molecular complexity index is 1360. The number of nitrogens with one attached hydrogen (secondary N) is 1. The number of thiocarbonyl (C=S) groups is 1. The van der Waals surface area contributed by atoms with Crippen LogP contribution < -0.4 is 10.9 Å². The smallest absolute Gasteiger partial charge is 0.267 e. The zero-order valence-corrected chi connectivity index (χ0v) is 21.0. The van der Waals surface area contributed by atoms with E-state index in [1.54, 1.807) is 30.5 Å². The van der Waals surface area contributed by atoms with Gasteiger partial charge in [-0.15, -0.1) is 0 Å². The third-order valence-electron chi connectivity index (χ3n) is 5.37. The molecule has 1 aliphatic heterocycles. The van der Waals surface area contributed by atoms with Gasteiger partial charge in [0.25, 0.3) is 11.5 Å². The van der Waals surface area contributed by atoms with Crippen molar-refractivity contribution >= 4 is 51.7 Å². The first-order valence-corrected chi connectivity index (χ1v) is 12.4. The molecule has 3 aromatic rings. The summed E-state index contributed by atoms with van der Waals surface area (Å²) in [6.07, 6.45) is 4.02. The molecular formula is C25H25FN4O3S2. The molecule has 1 fully saturated rings. The Kier molecular flexibility index (Phi) is 7.94. The number of amides is 1. The summed E-state index contributed by atoms with van der Waals surface area (Å²) in [5, 5.41) is 3.22. The van der Waals surface area contributed by atoms with Crippen LogP contribution in [-0.2, 0) is 16.1 Å². The van der Waals surface area contributed by atoms with Crippen molar-refractivity contribution in [2.45, 2.75) is 26.8 Å². The maximum atomic E-state index is 13.4. The quantitative estimate of drug-likeness (QED) is 0.259. The second-order valence-corrected chi connectivity index (χ2v) is 9.66. The number of carbonyl (C=O) groups excluding carboxylic acids is 1. The Morgan fingerprint density at radius 1 is 1.20 bits per heavy atom. The summed E-state index contributed by atoms with van der Waals surface area (Å²) in [6.45, 7) is 5.84. The lowest BCUT2D eigenvalue weighted by Gasteiger charge is -2.14. The van der Waals surface area contributed by atoms with Gasteiger partial charge in [0.15, 0.2) is 0 Å². The molecule has 1 aliphatic rings. The number of aromatic nitrogens is 2. The second kappa shape index (κ2) is 11.1. The molecule has 3 heterocycles. The molecule has 182 valence electrons. The van der Waals surface area contributed by atoms with Crippen molar-refractivity contribution in [3.05, 3.63) is 80.4 Å². The Labute approximate surface area is 212 Å². The average Bonchev–Trinajstić information content (AvgIpc) is 3.10. The summed E-state index contributed by atoms with van der Waals surface area (Å²) in [6, 6.07) is 9.59. The molecule has 1 N–H and O–H groups in total. The fourth-order valence-corrected chi connectivity index (χ4v) is 4.83. The molecule has 7 nitrogen and oxygen atoms in total. The summed E-state index contributed by atoms with van der Waals surface area (Å²) in [5.41, 5.74) is 2.18. The van der Waals surface area contributed by atoms with Gasteiger partial charge in [0.2, 0.25) is 0 Å². The van der Waals surface area contributed by atoms with Crippen LogP contribution in [0.1, 0.15) is 30.0 Å². The molecule has 0 radical (unpaired) electrons. The van der Waals surface area contributed by atoms with Crippen molar-refractivity contribution in [2.75, 3.05) is 25.1 Å². The Morgan fingerprint density at radius 2 is 1.97 bits per heavy atom. The molecule has 1 saturated heterocycles. The van der Waals surface area contributed by atoms with E-state index in [0.29, 0.717) is 40.4 Å². The van der Waals surface area contributed by atoms with Crippen molar-refractivity contribution < 1.29 is 13.9 Å². The van der Waals surface area contributed by atoms with E-state index < -0.39 is 0 Å². The van der Waals surface area contributed by atoms with Crippen LogP contribution in [0.2, 0.25) is 0 Å². The number of anilines is 1. The number of nitrogens with zero attached hydrogens (tertiary/aromatic N) is 3. The minimum Gasteiger partial charge on any atom is -0.382 e. The van der Waals surface area contributed by atoms with E-state index in [9.17, 15) is 14.0 Å². The summed E-state index contributed by atoms with van der Waals surface area (Å²) in [7, 11) is 0. The maximum Gasteiger partial charge on any atom is 0.267 e. The van der Waals surface area contributed by atoms with Gasteiger partial charge in [0.1, 0.15) is 21.6 Å². The number of aryl methyl sites for hydroxylation is 1. The SMILES string of the molecule is CCOCCCNc1nc2ccc(C)cn2c(=O)c1/C=C1/SC(=S)N(Cc2ccc(F)cc2)C1=O. The van der Waals surface area contributed by atoms with Crippen LogP contribution in [0.25, 0.3) is 11.7 Å². The number of thioether (sulfide) groups is 1. The standard InChI is InChI=1S/C25H25FN4O3S2/c1-3-33-12-4-11-27-22-19(23(31)29-14-16(2)5-10-21(29)28-22)13-20-24(32)30(25(34)35-20)15-17-6-8-18(26)9-7-17/h5-10,13-14,27H,3-4,11-12,15H2,1-2H3/b20-13+. The monoisotopic (exact) mass is 512 g/mol. The van der Waals surface area contributed by atoms with Crippen LogP contribution in [0.15, 0.2) is 52.3 Å². The minimum absolute atomic E-state index is 0.221. The molecule has 2 aromatic heterocycles. The normalized spacial score (nSPS) is 14.9. The fraction of sp³-hybridized carbons (Fsp3) is 0.280. The molecule has 1 aromatic carbocycles. The molecule has 0 spiro atoms. The Morgan fingerprint density at radius 3 is 2.71 bits per heavy atom. The topological polar surface area (TPSA) is 75.9 Å². The maximum absolute atomic E-state index is 13.4. The molecule has 0 aliphatic carbocycles. The molecule has 0 bridgehead atoms. The third kappa shape index (κ3) is 5.77. The number of halogens is 1. The van der Waals surface area contributed by atoms with Crippen molar-refractivity contribution in [1.82, 2.24) is 14.3 Å². The van der Waals surface area contributed by atoms with Crippen LogP contribution in [0.3, 0.4) is 0 Å². The highest BCUT2D eigenvalue weighted by molar-refractivity contribution is 8.26. The number of rotatable bonds is 9. The highest BCUT2D eigenvalue weighted by Crippen LogP contribution is 2.34. The van der Waals surface area contributed by atoms with Gasteiger partial charge in [0.05, 0.1) is 17.0 Å². The molecule has 0 unspecified atom stereocenters. The van der Waals surface area contributed by atoms with Gasteiger partial charge in [-0.1, -0.05) is 42.2 Å². The third-order valence-corrected chi connectivity index (χ3v) is 6.75. The first-order chi connectivity index (χ1) is 16.9. The largest absolute Gasteiger partial charge is 0.382 e.